The van der Waals surface area contributed by atoms with Crippen LogP contribution in [0.2, 0.25) is 0 Å². The molecule has 0 saturated heterocycles. The first-order valence-electron chi connectivity index (χ1n) is 5.27. The summed E-state index contributed by atoms with van der Waals surface area (Å²) in [6.45, 7) is 0. The largest absolute Gasteiger partial charge is 0.457 e. The van der Waals surface area contributed by atoms with Gasteiger partial charge in [-0.15, -0.1) is 0 Å². The summed E-state index contributed by atoms with van der Waals surface area (Å²) in [4.78, 5) is 3.88. The molecule has 0 unspecified atom stereocenters. The molecule has 0 bridgehead atoms. The minimum Gasteiger partial charge on any atom is -0.457 e. The number of hydrazine groups is 1. The number of nitrogens with two attached hydrogens (primary N) is 1. The number of pyridine rings is 1. The number of nitrogen functional groups attached to an aromatic ring is 1. The molecule has 2 rings (SSSR count). The number of anilines is 1. The molecule has 0 amide bonds. The van der Waals surface area contributed by atoms with Gasteiger partial charge in [-0.25, -0.2) is 10.8 Å². The van der Waals surface area contributed by atoms with Crippen LogP contribution in [0, 0.1) is 0 Å². The summed E-state index contributed by atoms with van der Waals surface area (Å²) in [5, 5.41) is 0. The fourth-order valence-corrected chi connectivity index (χ4v) is 1.40. The van der Waals surface area contributed by atoms with Crippen molar-refractivity contribution in [3.05, 3.63) is 48.2 Å². The topological polar surface area (TPSA) is 60.2 Å². The highest BCUT2D eigenvalue weighted by molar-refractivity contribution is 5.41. The molecule has 0 aliphatic heterocycles. The molecule has 0 atom stereocenters. The SMILES string of the molecule is NNc1cc(Oc2ccc(C(F)(F)F)cc2)ccn1. The quantitative estimate of drug-likeness (QED) is 0.663. The van der Waals surface area contributed by atoms with Crippen LogP contribution in [0.5, 0.6) is 11.5 Å². The van der Waals surface area contributed by atoms with E-state index in [-0.39, 0.29) is 0 Å². The highest BCUT2D eigenvalue weighted by Gasteiger charge is 2.30. The zero-order valence-electron chi connectivity index (χ0n) is 9.61. The van der Waals surface area contributed by atoms with Gasteiger partial charge < -0.3 is 10.2 Å². The number of nitrogens with zero attached hydrogens (tertiary/aromatic N) is 1. The van der Waals surface area contributed by atoms with Crippen LogP contribution in [0.25, 0.3) is 0 Å². The molecule has 0 radical (unpaired) electrons. The maximum absolute atomic E-state index is 12.4. The van der Waals surface area contributed by atoms with Crippen molar-refractivity contribution in [1.82, 2.24) is 4.98 Å². The van der Waals surface area contributed by atoms with Crippen molar-refractivity contribution in [2.24, 2.45) is 5.84 Å². The van der Waals surface area contributed by atoms with E-state index < -0.39 is 11.7 Å². The van der Waals surface area contributed by atoms with Crippen molar-refractivity contribution in [2.75, 3.05) is 5.43 Å². The molecule has 100 valence electrons. The zero-order valence-corrected chi connectivity index (χ0v) is 9.61. The van der Waals surface area contributed by atoms with Crippen LogP contribution < -0.4 is 16.0 Å². The van der Waals surface area contributed by atoms with E-state index in [1.807, 2.05) is 0 Å². The van der Waals surface area contributed by atoms with Crippen molar-refractivity contribution < 1.29 is 17.9 Å². The van der Waals surface area contributed by atoms with Gasteiger partial charge in [0.2, 0.25) is 0 Å². The van der Waals surface area contributed by atoms with Gasteiger partial charge in [-0.2, -0.15) is 13.2 Å². The molecular formula is C12H10F3N3O. The van der Waals surface area contributed by atoms with Gasteiger partial charge in [-0.05, 0) is 30.3 Å². The number of alkyl halides is 3. The van der Waals surface area contributed by atoms with Gasteiger partial charge in [0.05, 0.1) is 5.56 Å². The molecule has 7 heteroatoms. The molecular weight excluding hydrogens is 259 g/mol. The van der Waals surface area contributed by atoms with Gasteiger partial charge in [-0.1, -0.05) is 0 Å². The minimum absolute atomic E-state index is 0.294. The Morgan fingerprint density at radius 2 is 1.74 bits per heavy atom. The average Bonchev–Trinajstić information content (AvgIpc) is 2.38. The van der Waals surface area contributed by atoms with E-state index >= 15 is 0 Å². The minimum atomic E-state index is -4.36. The first-order chi connectivity index (χ1) is 8.99. The number of ether oxygens (including phenoxy) is 1. The zero-order chi connectivity index (χ0) is 13.9. The van der Waals surface area contributed by atoms with E-state index in [1.165, 1.54) is 24.4 Å². The number of halogens is 3. The normalized spacial score (nSPS) is 11.2. The fourth-order valence-electron chi connectivity index (χ4n) is 1.40. The highest BCUT2D eigenvalue weighted by Crippen LogP contribution is 2.31. The predicted octanol–water partition coefficient (Wildman–Crippen LogP) is 3.18. The van der Waals surface area contributed by atoms with Crippen LogP contribution in [0.15, 0.2) is 42.6 Å². The Labute approximate surface area is 107 Å². The second-order valence-corrected chi connectivity index (χ2v) is 3.65. The van der Waals surface area contributed by atoms with Crippen LogP contribution in [0.4, 0.5) is 19.0 Å². The summed E-state index contributed by atoms with van der Waals surface area (Å²) >= 11 is 0. The molecule has 0 spiro atoms. The summed E-state index contributed by atoms with van der Waals surface area (Å²) in [5.41, 5.74) is 1.62. The Balaban J connectivity index is 2.15. The Kier molecular flexibility index (Phi) is 3.57. The number of aromatic nitrogens is 1. The van der Waals surface area contributed by atoms with Gasteiger partial charge >= 0.3 is 6.18 Å². The van der Waals surface area contributed by atoms with Gasteiger partial charge in [-0.3, -0.25) is 0 Å². The average molecular weight is 269 g/mol. The van der Waals surface area contributed by atoms with Gasteiger partial charge in [0.1, 0.15) is 17.3 Å². The molecule has 2 aromatic rings. The Bertz CT molecular complexity index is 555. The van der Waals surface area contributed by atoms with E-state index in [0.29, 0.717) is 17.3 Å². The van der Waals surface area contributed by atoms with E-state index in [2.05, 4.69) is 10.4 Å². The first-order valence-corrected chi connectivity index (χ1v) is 5.27. The maximum Gasteiger partial charge on any atom is 0.416 e. The maximum atomic E-state index is 12.4. The monoisotopic (exact) mass is 269 g/mol. The van der Waals surface area contributed by atoms with Gasteiger partial charge in [0.15, 0.2) is 0 Å². The molecule has 3 N–H and O–H groups in total. The Morgan fingerprint density at radius 3 is 2.32 bits per heavy atom. The molecule has 4 nitrogen and oxygen atoms in total. The summed E-state index contributed by atoms with van der Waals surface area (Å²) < 4.78 is 42.5. The fraction of sp³-hybridized carbons (Fsp3) is 0.0833. The molecule has 19 heavy (non-hydrogen) atoms. The second-order valence-electron chi connectivity index (χ2n) is 3.65. The van der Waals surface area contributed by atoms with E-state index in [1.54, 1.807) is 6.07 Å². The highest BCUT2D eigenvalue weighted by atomic mass is 19.4. The molecule has 0 saturated carbocycles. The van der Waals surface area contributed by atoms with Gasteiger partial charge in [0, 0.05) is 12.3 Å². The van der Waals surface area contributed by atoms with E-state index in [0.717, 1.165) is 12.1 Å². The predicted molar refractivity (Wildman–Crippen MR) is 63.6 cm³/mol. The van der Waals surface area contributed by atoms with Gasteiger partial charge in [0.25, 0.3) is 0 Å². The first kappa shape index (κ1) is 13.2. The van der Waals surface area contributed by atoms with Crippen molar-refractivity contribution in [1.29, 1.82) is 0 Å². The summed E-state index contributed by atoms with van der Waals surface area (Å²) in [7, 11) is 0. The molecule has 1 aromatic heterocycles. The lowest BCUT2D eigenvalue weighted by molar-refractivity contribution is -0.137. The Morgan fingerprint density at radius 1 is 1.05 bits per heavy atom. The lowest BCUT2D eigenvalue weighted by Crippen LogP contribution is -2.08. The van der Waals surface area contributed by atoms with E-state index in [4.69, 9.17) is 10.6 Å². The van der Waals surface area contributed by atoms with Crippen LogP contribution in [0.1, 0.15) is 5.56 Å². The third-order valence-corrected chi connectivity index (χ3v) is 2.30. The van der Waals surface area contributed by atoms with Crippen molar-refractivity contribution >= 4 is 5.82 Å². The van der Waals surface area contributed by atoms with Crippen LogP contribution in [-0.2, 0) is 6.18 Å². The number of nitrogens with one attached hydrogen (secondary N) is 1. The lowest BCUT2D eigenvalue weighted by Gasteiger charge is -2.09. The number of benzene rings is 1. The molecule has 0 fully saturated rings. The molecule has 0 aliphatic carbocycles. The van der Waals surface area contributed by atoms with E-state index in [9.17, 15) is 13.2 Å². The van der Waals surface area contributed by atoms with Crippen molar-refractivity contribution in [2.45, 2.75) is 6.18 Å². The summed E-state index contributed by atoms with van der Waals surface area (Å²) in [6.07, 6.45) is -2.89. The third kappa shape index (κ3) is 3.35. The second kappa shape index (κ2) is 5.15. The summed E-state index contributed by atoms with van der Waals surface area (Å²) in [6, 6.07) is 7.50. The lowest BCUT2D eigenvalue weighted by atomic mass is 10.2. The number of hydrogen-bond acceptors (Lipinski definition) is 4. The molecule has 0 aliphatic rings. The standard InChI is InChI=1S/C12H10F3N3O/c13-12(14,15)8-1-3-9(4-2-8)19-10-5-6-17-11(7-10)18-16/h1-7H,16H2,(H,17,18). The summed E-state index contributed by atoms with van der Waals surface area (Å²) in [5.74, 6) is 6.29. The molecule has 1 heterocycles. The Hall–Kier alpha value is -2.28. The number of hydrogen-bond donors (Lipinski definition) is 2. The van der Waals surface area contributed by atoms with Crippen molar-refractivity contribution in [3.8, 4) is 11.5 Å². The van der Waals surface area contributed by atoms with Crippen molar-refractivity contribution in [3.63, 3.8) is 0 Å². The molecule has 1 aromatic carbocycles. The number of rotatable bonds is 3. The van der Waals surface area contributed by atoms with Crippen LogP contribution in [-0.4, -0.2) is 4.98 Å². The third-order valence-electron chi connectivity index (χ3n) is 2.30. The smallest absolute Gasteiger partial charge is 0.416 e. The van der Waals surface area contributed by atoms with Crippen LogP contribution >= 0.6 is 0 Å². The van der Waals surface area contributed by atoms with Crippen LogP contribution in [0.3, 0.4) is 0 Å².